The van der Waals surface area contributed by atoms with Crippen molar-refractivity contribution >= 4 is 22.5 Å². The minimum Gasteiger partial charge on any atom is -0.366 e. The molecule has 0 aliphatic heterocycles. The Morgan fingerprint density at radius 3 is 2.76 bits per heavy atom. The van der Waals surface area contributed by atoms with E-state index in [0.717, 1.165) is 16.5 Å². The summed E-state index contributed by atoms with van der Waals surface area (Å²) in [5.74, 6) is -0.710. The summed E-state index contributed by atoms with van der Waals surface area (Å²) in [7, 11) is 0. The summed E-state index contributed by atoms with van der Waals surface area (Å²) >= 11 is 0. The highest BCUT2D eigenvalue weighted by atomic mass is 16.6. The Hall–Kier alpha value is -3.22. The van der Waals surface area contributed by atoms with Gasteiger partial charge in [-0.25, -0.2) is 0 Å². The molecule has 21 heavy (non-hydrogen) atoms. The molecule has 0 unspecified atom stereocenters. The molecule has 3 rings (SSSR count). The molecule has 1 aromatic heterocycles. The Morgan fingerprint density at radius 2 is 2.05 bits per heavy atom. The van der Waals surface area contributed by atoms with Crippen LogP contribution in [-0.2, 0) is 0 Å². The number of nitro groups is 1. The molecule has 2 aromatic carbocycles. The third-order valence-corrected chi connectivity index (χ3v) is 3.23. The monoisotopic (exact) mass is 282 g/mol. The van der Waals surface area contributed by atoms with Gasteiger partial charge in [-0.15, -0.1) is 0 Å². The molecule has 0 fully saturated rings. The Bertz CT molecular complexity index is 870. The number of amides is 1. The second kappa shape index (κ2) is 4.71. The van der Waals surface area contributed by atoms with Crippen LogP contribution >= 0.6 is 0 Å². The summed E-state index contributed by atoms with van der Waals surface area (Å²) in [5, 5.41) is 18.5. The summed E-state index contributed by atoms with van der Waals surface area (Å²) < 4.78 is 0. The van der Waals surface area contributed by atoms with Crippen molar-refractivity contribution in [1.29, 1.82) is 0 Å². The Kier molecular flexibility index (Phi) is 2.87. The van der Waals surface area contributed by atoms with E-state index in [4.69, 9.17) is 5.73 Å². The first-order chi connectivity index (χ1) is 10.1. The zero-order chi connectivity index (χ0) is 15.0. The maximum Gasteiger partial charge on any atom is 0.270 e. The Labute approximate surface area is 118 Å². The van der Waals surface area contributed by atoms with Crippen molar-refractivity contribution in [3.8, 4) is 11.1 Å². The fourth-order valence-corrected chi connectivity index (χ4v) is 2.21. The number of carbonyl (C=O) groups is 1. The smallest absolute Gasteiger partial charge is 0.270 e. The number of nitrogens with two attached hydrogens (primary N) is 1. The zero-order valence-electron chi connectivity index (χ0n) is 10.7. The lowest BCUT2D eigenvalue weighted by Crippen LogP contribution is -2.12. The molecule has 0 saturated carbocycles. The van der Waals surface area contributed by atoms with Crippen molar-refractivity contribution in [3.05, 3.63) is 58.3 Å². The molecule has 0 saturated heterocycles. The van der Waals surface area contributed by atoms with Crippen LogP contribution in [0.15, 0.2) is 42.6 Å². The lowest BCUT2D eigenvalue weighted by molar-refractivity contribution is -0.384. The maximum absolute atomic E-state index is 11.6. The molecule has 7 nitrogen and oxygen atoms in total. The number of primary amides is 1. The van der Waals surface area contributed by atoms with Crippen LogP contribution in [0, 0.1) is 10.1 Å². The largest absolute Gasteiger partial charge is 0.366 e. The molecule has 0 spiro atoms. The Morgan fingerprint density at radius 1 is 1.24 bits per heavy atom. The fourth-order valence-electron chi connectivity index (χ4n) is 2.21. The van der Waals surface area contributed by atoms with Crippen molar-refractivity contribution in [2.45, 2.75) is 0 Å². The van der Waals surface area contributed by atoms with Crippen LogP contribution in [0.5, 0.6) is 0 Å². The molecule has 0 aliphatic rings. The van der Waals surface area contributed by atoms with Gasteiger partial charge in [-0.05, 0) is 23.3 Å². The molecule has 1 heterocycles. The number of nitro benzene ring substituents is 1. The summed E-state index contributed by atoms with van der Waals surface area (Å²) in [6, 6.07) is 9.53. The van der Waals surface area contributed by atoms with E-state index in [1.807, 2.05) is 18.2 Å². The topological polar surface area (TPSA) is 115 Å². The van der Waals surface area contributed by atoms with Crippen LogP contribution in [0.25, 0.3) is 22.0 Å². The van der Waals surface area contributed by atoms with Crippen LogP contribution in [0.1, 0.15) is 10.4 Å². The minimum atomic E-state index is -0.710. The summed E-state index contributed by atoms with van der Waals surface area (Å²) in [4.78, 5) is 21.8. The number of nitrogens with zero attached hydrogens (tertiary/aromatic N) is 2. The van der Waals surface area contributed by atoms with Gasteiger partial charge in [0.05, 0.1) is 22.2 Å². The van der Waals surface area contributed by atoms with Crippen molar-refractivity contribution in [2.75, 3.05) is 0 Å². The van der Waals surface area contributed by atoms with Crippen LogP contribution in [0.3, 0.4) is 0 Å². The average Bonchev–Trinajstić information content (AvgIpc) is 2.93. The van der Waals surface area contributed by atoms with Gasteiger partial charge in [-0.2, -0.15) is 5.10 Å². The van der Waals surface area contributed by atoms with E-state index in [9.17, 15) is 14.9 Å². The normalized spacial score (nSPS) is 10.7. The van der Waals surface area contributed by atoms with Gasteiger partial charge in [0.15, 0.2) is 0 Å². The zero-order valence-corrected chi connectivity index (χ0v) is 10.7. The van der Waals surface area contributed by atoms with E-state index in [1.54, 1.807) is 6.20 Å². The SMILES string of the molecule is NC(=O)c1cc([N+](=O)[O-])ccc1-c1ccc2cn[nH]c2c1. The average molecular weight is 282 g/mol. The number of non-ortho nitro benzene ring substituents is 1. The third kappa shape index (κ3) is 2.20. The number of hydrogen-bond acceptors (Lipinski definition) is 4. The maximum atomic E-state index is 11.6. The van der Waals surface area contributed by atoms with E-state index in [2.05, 4.69) is 10.2 Å². The van der Waals surface area contributed by atoms with Crippen molar-refractivity contribution in [3.63, 3.8) is 0 Å². The summed E-state index contributed by atoms with van der Waals surface area (Å²) in [5.41, 5.74) is 7.36. The molecule has 104 valence electrons. The van der Waals surface area contributed by atoms with Gasteiger partial charge in [0.1, 0.15) is 0 Å². The van der Waals surface area contributed by atoms with Gasteiger partial charge in [-0.3, -0.25) is 20.0 Å². The fraction of sp³-hybridized carbons (Fsp3) is 0. The lowest BCUT2D eigenvalue weighted by atomic mass is 9.98. The van der Waals surface area contributed by atoms with E-state index in [0.29, 0.717) is 5.56 Å². The van der Waals surface area contributed by atoms with Gasteiger partial charge in [0.2, 0.25) is 5.91 Å². The molecule has 3 N–H and O–H groups in total. The van der Waals surface area contributed by atoms with Crippen LogP contribution in [0.4, 0.5) is 5.69 Å². The van der Waals surface area contributed by atoms with E-state index in [1.165, 1.54) is 18.2 Å². The van der Waals surface area contributed by atoms with E-state index < -0.39 is 10.8 Å². The van der Waals surface area contributed by atoms with Gasteiger partial charge < -0.3 is 5.73 Å². The van der Waals surface area contributed by atoms with E-state index in [-0.39, 0.29) is 11.3 Å². The van der Waals surface area contributed by atoms with Gasteiger partial charge in [0.25, 0.3) is 5.69 Å². The predicted molar refractivity (Wildman–Crippen MR) is 76.7 cm³/mol. The predicted octanol–water partition coefficient (Wildman–Crippen LogP) is 2.24. The summed E-state index contributed by atoms with van der Waals surface area (Å²) in [6.07, 6.45) is 1.68. The van der Waals surface area contributed by atoms with Crippen LogP contribution in [-0.4, -0.2) is 21.0 Å². The molecule has 0 radical (unpaired) electrons. The first-order valence-electron chi connectivity index (χ1n) is 6.08. The Balaban J connectivity index is 2.20. The highest BCUT2D eigenvalue weighted by molar-refractivity contribution is 6.01. The second-order valence-corrected chi connectivity index (χ2v) is 4.52. The number of hydrogen-bond donors (Lipinski definition) is 2. The molecule has 3 aromatic rings. The molecule has 0 atom stereocenters. The summed E-state index contributed by atoms with van der Waals surface area (Å²) in [6.45, 7) is 0. The standard InChI is InChI=1S/C14H10N4O3/c15-14(19)12-6-10(18(20)21)3-4-11(12)8-1-2-9-7-16-17-13(9)5-8/h1-7H,(H2,15,19)(H,16,17). The molecule has 0 aliphatic carbocycles. The third-order valence-electron chi connectivity index (χ3n) is 3.23. The van der Waals surface area contributed by atoms with Crippen molar-refractivity contribution < 1.29 is 9.72 Å². The first-order valence-corrected chi connectivity index (χ1v) is 6.08. The molecule has 7 heteroatoms. The van der Waals surface area contributed by atoms with Crippen LogP contribution in [0.2, 0.25) is 0 Å². The minimum absolute atomic E-state index is 0.114. The number of benzene rings is 2. The number of fused-ring (bicyclic) bond motifs is 1. The van der Waals surface area contributed by atoms with Crippen molar-refractivity contribution in [2.24, 2.45) is 5.73 Å². The molecular weight excluding hydrogens is 272 g/mol. The van der Waals surface area contributed by atoms with Crippen molar-refractivity contribution in [1.82, 2.24) is 10.2 Å². The highest BCUT2D eigenvalue weighted by Crippen LogP contribution is 2.29. The molecule has 1 amide bonds. The number of H-pyrrole nitrogens is 1. The number of aromatic amines is 1. The number of carbonyl (C=O) groups excluding carboxylic acids is 1. The second-order valence-electron chi connectivity index (χ2n) is 4.52. The highest BCUT2D eigenvalue weighted by Gasteiger charge is 2.16. The van der Waals surface area contributed by atoms with Gasteiger partial charge in [-0.1, -0.05) is 12.1 Å². The number of nitrogens with one attached hydrogen (secondary N) is 1. The van der Waals surface area contributed by atoms with Crippen LogP contribution < -0.4 is 5.73 Å². The molecule has 0 bridgehead atoms. The number of aromatic nitrogens is 2. The van der Waals surface area contributed by atoms with E-state index >= 15 is 0 Å². The van der Waals surface area contributed by atoms with Gasteiger partial charge >= 0.3 is 0 Å². The quantitative estimate of drug-likeness (QED) is 0.566. The lowest BCUT2D eigenvalue weighted by Gasteiger charge is -2.07. The first kappa shape index (κ1) is 12.8. The van der Waals surface area contributed by atoms with Gasteiger partial charge in [0, 0.05) is 17.5 Å². The molecular formula is C14H10N4O3. The number of rotatable bonds is 3.